The highest BCUT2D eigenvalue weighted by Gasteiger charge is 2.20. The Morgan fingerprint density at radius 2 is 1.70 bits per heavy atom. The average molecular weight is 440 g/mol. The Bertz CT molecular complexity index is 1450. The molecule has 9 nitrogen and oxygen atoms in total. The molecule has 0 fully saturated rings. The second-order valence-corrected chi connectivity index (χ2v) is 7.13. The smallest absolute Gasteiger partial charge is 0.337 e. The first-order valence-electron chi connectivity index (χ1n) is 9.72. The number of nitrogens with one attached hydrogen (secondary N) is 2. The molecule has 0 atom stereocenters. The average Bonchev–Trinajstić information content (AvgIpc) is 3.22. The summed E-state index contributed by atoms with van der Waals surface area (Å²) in [6.45, 7) is 1.43. The van der Waals surface area contributed by atoms with Crippen LogP contribution in [0.5, 0.6) is 0 Å². The van der Waals surface area contributed by atoms with E-state index in [1.165, 1.54) is 25.1 Å². The summed E-state index contributed by atoms with van der Waals surface area (Å²) >= 11 is 0. The van der Waals surface area contributed by atoms with Gasteiger partial charge >= 0.3 is 5.97 Å². The van der Waals surface area contributed by atoms with E-state index in [0.29, 0.717) is 16.7 Å². The molecule has 0 saturated heterocycles. The topological polar surface area (TPSA) is 145 Å². The fraction of sp³-hybridized carbons (Fsp3) is 0.0417. The number of carboxylic acids is 1. The molecule has 0 spiro atoms. The van der Waals surface area contributed by atoms with E-state index in [9.17, 15) is 19.5 Å². The van der Waals surface area contributed by atoms with Gasteiger partial charge in [0.15, 0.2) is 11.3 Å². The lowest BCUT2D eigenvalue weighted by molar-refractivity contribution is -0.114. The van der Waals surface area contributed by atoms with Gasteiger partial charge in [0.1, 0.15) is 0 Å². The van der Waals surface area contributed by atoms with Gasteiger partial charge in [-0.05, 0) is 53.6 Å². The quantitative estimate of drug-likeness (QED) is 0.420. The normalized spacial score (nSPS) is 10.4. The minimum Gasteiger partial charge on any atom is -0.478 e. The number of anilines is 2. The number of nitrogens with zero attached hydrogens (tertiary/aromatic N) is 2. The van der Waals surface area contributed by atoms with Gasteiger partial charge in [-0.3, -0.25) is 9.59 Å². The van der Waals surface area contributed by atoms with Crippen molar-refractivity contribution in [1.29, 1.82) is 5.26 Å². The van der Waals surface area contributed by atoms with Crippen LogP contribution in [0.15, 0.2) is 65.2 Å². The lowest BCUT2D eigenvalue weighted by Crippen LogP contribution is -2.15. The maximum absolute atomic E-state index is 12.9. The number of rotatable bonds is 5. The summed E-state index contributed by atoms with van der Waals surface area (Å²) in [6, 6.07) is 18.2. The Kier molecular flexibility index (Phi) is 5.57. The molecule has 3 aromatic carbocycles. The van der Waals surface area contributed by atoms with Crippen LogP contribution in [-0.2, 0) is 4.79 Å². The van der Waals surface area contributed by atoms with Crippen molar-refractivity contribution in [2.75, 3.05) is 10.6 Å². The van der Waals surface area contributed by atoms with Gasteiger partial charge in [0.2, 0.25) is 5.91 Å². The molecule has 0 aliphatic heterocycles. The van der Waals surface area contributed by atoms with E-state index >= 15 is 0 Å². The molecule has 0 unspecified atom stereocenters. The monoisotopic (exact) mass is 440 g/mol. The molecule has 4 aromatic rings. The maximum Gasteiger partial charge on any atom is 0.337 e. The van der Waals surface area contributed by atoms with Crippen molar-refractivity contribution >= 4 is 40.1 Å². The highest BCUT2D eigenvalue weighted by atomic mass is 16.5. The van der Waals surface area contributed by atoms with E-state index in [1.54, 1.807) is 24.3 Å². The van der Waals surface area contributed by atoms with Gasteiger partial charge in [-0.2, -0.15) is 5.26 Å². The van der Waals surface area contributed by atoms with Crippen LogP contribution in [-0.4, -0.2) is 28.0 Å². The fourth-order valence-electron chi connectivity index (χ4n) is 3.31. The Balaban J connectivity index is 1.65. The molecule has 1 heterocycles. The Morgan fingerprint density at radius 3 is 2.36 bits per heavy atom. The lowest BCUT2D eigenvalue weighted by Gasteiger charge is -2.08. The minimum atomic E-state index is -1.28. The van der Waals surface area contributed by atoms with Crippen molar-refractivity contribution in [3.05, 3.63) is 77.5 Å². The first-order chi connectivity index (χ1) is 15.9. The molecule has 1 aromatic heterocycles. The maximum atomic E-state index is 12.9. The number of amides is 2. The van der Waals surface area contributed by atoms with Crippen LogP contribution in [0.4, 0.5) is 11.4 Å². The predicted molar refractivity (Wildman–Crippen MR) is 120 cm³/mol. The van der Waals surface area contributed by atoms with E-state index in [0.717, 1.165) is 11.1 Å². The lowest BCUT2D eigenvalue weighted by atomic mass is 10.0. The third-order valence-electron chi connectivity index (χ3n) is 4.85. The molecule has 2 amide bonds. The fourth-order valence-corrected chi connectivity index (χ4v) is 3.31. The summed E-state index contributed by atoms with van der Waals surface area (Å²) in [5, 5.41) is 27.9. The van der Waals surface area contributed by atoms with Crippen molar-refractivity contribution in [3.8, 4) is 17.2 Å². The van der Waals surface area contributed by atoms with Crippen LogP contribution in [0.2, 0.25) is 0 Å². The second-order valence-electron chi connectivity index (χ2n) is 7.13. The first kappa shape index (κ1) is 21.3. The molecule has 33 heavy (non-hydrogen) atoms. The van der Waals surface area contributed by atoms with Crippen LogP contribution in [0, 0.1) is 11.3 Å². The summed E-state index contributed by atoms with van der Waals surface area (Å²) in [6.07, 6.45) is 0. The summed E-state index contributed by atoms with van der Waals surface area (Å²) in [4.78, 5) is 35.6. The number of benzene rings is 3. The molecule has 0 aliphatic rings. The van der Waals surface area contributed by atoms with E-state index in [1.807, 2.05) is 24.3 Å². The van der Waals surface area contributed by atoms with Gasteiger partial charge < -0.3 is 20.3 Å². The second kappa shape index (κ2) is 8.64. The van der Waals surface area contributed by atoms with E-state index in [-0.39, 0.29) is 28.4 Å². The number of fused-ring (bicyclic) bond motifs is 1. The standard InChI is InChI=1S/C24H16N4O5/c1-13(29)26-17-6-3-15(4-7-17)16-5-9-21-19(11-16)22(28-33-21)23(30)27-20-8-2-14(12-25)10-18(20)24(31)32/h2-11H,1H3,(H,26,29)(H,27,30)(H,31,32). The van der Waals surface area contributed by atoms with Gasteiger partial charge in [0, 0.05) is 12.6 Å². The van der Waals surface area contributed by atoms with Gasteiger partial charge in [0.05, 0.1) is 28.3 Å². The first-order valence-corrected chi connectivity index (χ1v) is 9.72. The van der Waals surface area contributed by atoms with Gasteiger partial charge in [-0.25, -0.2) is 4.79 Å². The molecular weight excluding hydrogens is 424 g/mol. The van der Waals surface area contributed by atoms with Crippen LogP contribution in [0.25, 0.3) is 22.1 Å². The Labute approximate surface area is 187 Å². The predicted octanol–water partition coefficient (Wildman–Crippen LogP) is 4.28. The van der Waals surface area contributed by atoms with E-state index in [2.05, 4.69) is 15.8 Å². The number of carbonyl (C=O) groups excluding carboxylic acids is 2. The van der Waals surface area contributed by atoms with Crippen LogP contribution < -0.4 is 10.6 Å². The number of hydrogen-bond acceptors (Lipinski definition) is 6. The molecule has 4 rings (SSSR count). The third kappa shape index (κ3) is 4.40. The Morgan fingerprint density at radius 1 is 0.970 bits per heavy atom. The largest absolute Gasteiger partial charge is 0.478 e. The molecule has 0 bridgehead atoms. The number of hydrogen-bond donors (Lipinski definition) is 3. The molecule has 0 aliphatic carbocycles. The molecular formula is C24H16N4O5. The van der Waals surface area contributed by atoms with Crippen LogP contribution in [0.1, 0.15) is 33.3 Å². The zero-order valence-corrected chi connectivity index (χ0v) is 17.2. The van der Waals surface area contributed by atoms with Gasteiger partial charge in [-0.15, -0.1) is 0 Å². The minimum absolute atomic E-state index is 0.0117. The summed E-state index contributed by atoms with van der Waals surface area (Å²) < 4.78 is 5.26. The third-order valence-corrected chi connectivity index (χ3v) is 4.85. The highest BCUT2D eigenvalue weighted by molar-refractivity contribution is 6.13. The van der Waals surface area contributed by atoms with Crippen molar-refractivity contribution < 1.29 is 24.0 Å². The SMILES string of the molecule is CC(=O)Nc1ccc(-c2ccc3onc(C(=O)Nc4ccc(C#N)cc4C(=O)O)c3c2)cc1. The summed E-state index contributed by atoms with van der Waals surface area (Å²) in [7, 11) is 0. The molecule has 162 valence electrons. The zero-order chi connectivity index (χ0) is 23.5. The van der Waals surface area contributed by atoms with E-state index < -0.39 is 11.9 Å². The van der Waals surface area contributed by atoms with Crippen LogP contribution in [0.3, 0.4) is 0 Å². The highest BCUT2D eigenvalue weighted by Crippen LogP contribution is 2.28. The van der Waals surface area contributed by atoms with Gasteiger partial charge in [0.25, 0.3) is 5.91 Å². The van der Waals surface area contributed by atoms with Crippen LogP contribution >= 0.6 is 0 Å². The number of nitriles is 1. The number of carbonyl (C=O) groups is 3. The summed E-state index contributed by atoms with van der Waals surface area (Å²) in [5.74, 6) is -2.10. The van der Waals surface area contributed by atoms with Crippen molar-refractivity contribution in [3.63, 3.8) is 0 Å². The number of aromatic nitrogens is 1. The van der Waals surface area contributed by atoms with Gasteiger partial charge in [-0.1, -0.05) is 23.4 Å². The Hall–Kier alpha value is -4.97. The number of carboxylic acid groups (broad SMARTS) is 1. The summed E-state index contributed by atoms with van der Waals surface area (Å²) in [5.41, 5.74) is 2.65. The van der Waals surface area contributed by atoms with Crippen molar-refractivity contribution in [2.24, 2.45) is 0 Å². The van der Waals surface area contributed by atoms with Crippen molar-refractivity contribution in [1.82, 2.24) is 5.16 Å². The molecule has 3 N–H and O–H groups in total. The molecule has 0 radical (unpaired) electrons. The molecule has 0 saturated carbocycles. The number of aromatic carboxylic acids is 1. The van der Waals surface area contributed by atoms with E-state index in [4.69, 9.17) is 9.78 Å². The van der Waals surface area contributed by atoms with Crippen molar-refractivity contribution in [2.45, 2.75) is 6.92 Å². The zero-order valence-electron chi connectivity index (χ0n) is 17.2. The molecule has 9 heteroatoms.